The Hall–Kier alpha value is -2.78. The molecule has 0 saturated carbocycles. The summed E-state index contributed by atoms with van der Waals surface area (Å²) in [5.41, 5.74) is 4.09. The topological polar surface area (TPSA) is 91.6 Å². The molecule has 4 aromatic rings. The monoisotopic (exact) mass is 467 g/mol. The summed E-state index contributed by atoms with van der Waals surface area (Å²) in [6.45, 7) is 7.99. The summed E-state index contributed by atoms with van der Waals surface area (Å²) in [5, 5.41) is 13.0. The van der Waals surface area contributed by atoms with Gasteiger partial charge in [0.05, 0.1) is 37.4 Å². The van der Waals surface area contributed by atoms with Gasteiger partial charge in [-0.25, -0.2) is 4.98 Å². The van der Waals surface area contributed by atoms with Crippen molar-refractivity contribution in [2.75, 3.05) is 19.8 Å². The third kappa shape index (κ3) is 5.59. The number of aliphatic hydroxyl groups excluding tert-OH is 1. The number of hydrogen-bond donors (Lipinski definition) is 2. The Morgan fingerprint density at radius 3 is 2.85 bits per heavy atom. The number of hydrogen-bond acceptors (Lipinski definition) is 7. The average Bonchev–Trinajstić information content (AvgIpc) is 3.44. The molecule has 1 atom stereocenters. The summed E-state index contributed by atoms with van der Waals surface area (Å²) in [4.78, 5) is 23.5. The molecule has 0 aliphatic carbocycles. The van der Waals surface area contributed by atoms with Gasteiger partial charge in [0, 0.05) is 24.1 Å². The molecule has 4 rings (SSSR count). The molecule has 174 valence electrons. The van der Waals surface area contributed by atoms with E-state index in [1.807, 2.05) is 43.2 Å². The van der Waals surface area contributed by atoms with E-state index in [0.717, 1.165) is 28.0 Å². The third-order valence-electron chi connectivity index (χ3n) is 5.49. The maximum absolute atomic E-state index is 13.1. The van der Waals surface area contributed by atoms with Crippen LogP contribution < -0.4 is 5.56 Å². The summed E-state index contributed by atoms with van der Waals surface area (Å²) < 4.78 is 10.8. The summed E-state index contributed by atoms with van der Waals surface area (Å²) in [6.07, 6.45) is 0.963. The molecular weight excluding hydrogens is 438 g/mol. The first-order chi connectivity index (χ1) is 15.9. The second kappa shape index (κ2) is 10.4. The molecule has 0 unspecified atom stereocenters. The molecule has 0 saturated heterocycles. The fraction of sp³-hybridized carbons (Fsp3) is 0.360. The van der Waals surface area contributed by atoms with Gasteiger partial charge in [0.25, 0.3) is 5.56 Å². The van der Waals surface area contributed by atoms with Crippen molar-refractivity contribution in [2.45, 2.75) is 40.0 Å². The van der Waals surface area contributed by atoms with Crippen LogP contribution in [0.25, 0.3) is 21.3 Å². The highest BCUT2D eigenvalue weighted by Crippen LogP contribution is 2.33. The van der Waals surface area contributed by atoms with E-state index >= 15 is 0 Å². The number of ether oxygens (including phenoxy) is 1. The molecule has 0 aliphatic heterocycles. The van der Waals surface area contributed by atoms with E-state index < -0.39 is 6.10 Å². The van der Waals surface area contributed by atoms with E-state index in [1.165, 1.54) is 11.3 Å². The number of fused-ring (bicyclic) bond motifs is 1. The van der Waals surface area contributed by atoms with Crippen molar-refractivity contribution in [3.8, 4) is 11.1 Å². The zero-order valence-electron chi connectivity index (χ0n) is 19.1. The molecular formula is C25H29N3O4S. The second-order valence-electron chi connectivity index (χ2n) is 8.22. The standard InChI is InChI=1S/C25H29N3O4S/c1-4-31-14-18(29)11-28(12-19-6-5-9-32-19)13-22-26-24(30)23-21(15-33-25(23)27-22)20-10-16(2)7-8-17(20)3/h5-10,15,18,29H,4,11-14H2,1-3H3,(H,26,27,30)/t18-/m0/s1. The summed E-state index contributed by atoms with van der Waals surface area (Å²) in [6, 6.07) is 9.97. The number of aromatic nitrogens is 2. The quantitative estimate of drug-likeness (QED) is 0.362. The zero-order chi connectivity index (χ0) is 23.4. The van der Waals surface area contributed by atoms with Gasteiger partial charge in [-0.15, -0.1) is 11.3 Å². The molecule has 33 heavy (non-hydrogen) atoms. The van der Waals surface area contributed by atoms with Gasteiger partial charge in [-0.2, -0.15) is 0 Å². The van der Waals surface area contributed by atoms with Crippen LogP contribution in [0.2, 0.25) is 0 Å². The van der Waals surface area contributed by atoms with Crippen LogP contribution in [0.4, 0.5) is 0 Å². The lowest BCUT2D eigenvalue weighted by Crippen LogP contribution is -2.35. The summed E-state index contributed by atoms with van der Waals surface area (Å²) in [5.74, 6) is 1.33. The predicted molar refractivity (Wildman–Crippen MR) is 130 cm³/mol. The van der Waals surface area contributed by atoms with Gasteiger partial charge < -0.3 is 19.2 Å². The summed E-state index contributed by atoms with van der Waals surface area (Å²) in [7, 11) is 0. The maximum Gasteiger partial charge on any atom is 0.260 e. The number of aryl methyl sites for hydroxylation is 2. The molecule has 0 amide bonds. The van der Waals surface area contributed by atoms with E-state index in [1.54, 1.807) is 6.26 Å². The summed E-state index contributed by atoms with van der Waals surface area (Å²) >= 11 is 1.47. The minimum absolute atomic E-state index is 0.153. The Balaban J connectivity index is 1.62. The molecule has 0 radical (unpaired) electrons. The number of benzene rings is 1. The highest BCUT2D eigenvalue weighted by Gasteiger charge is 2.18. The number of nitrogens with zero attached hydrogens (tertiary/aromatic N) is 2. The first-order valence-corrected chi connectivity index (χ1v) is 11.9. The smallest absolute Gasteiger partial charge is 0.260 e. The van der Waals surface area contributed by atoms with Gasteiger partial charge in [0.2, 0.25) is 0 Å². The van der Waals surface area contributed by atoms with E-state index in [2.05, 4.69) is 23.2 Å². The van der Waals surface area contributed by atoms with Crippen LogP contribution >= 0.6 is 11.3 Å². The van der Waals surface area contributed by atoms with Crippen molar-refractivity contribution in [3.63, 3.8) is 0 Å². The first kappa shape index (κ1) is 23.4. The van der Waals surface area contributed by atoms with Gasteiger partial charge in [0.15, 0.2) is 0 Å². The SMILES string of the molecule is CCOC[C@@H](O)CN(Cc1nc2scc(-c3cc(C)ccc3C)c2c(=O)[nH]1)Cc1ccco1. The van der Waals surface area contributed by atoms with Crippen LogP contribution in [-0.4, -0.2) is 45.8 Å². The van der Waals surface area contributed by atoms with Gasteiger partial charge in [-0.3, -0.25) is 9.69 Å². The molecule has 0 aliphatic rings. The van der Waals surface area contributed by atoms with E-state index in [0.29, 0.717) is 42.3 Å². The number of thiophene rings is 1. The fourth-order valence-electron chi connectivity index (χ4n) is 3.92. The van der Waals surface area contributed by atoms with Crippen LogP contribution in [0.15, 0.2) is 51.2 Å². The molecule has 7 nitrogen and oxygen atoms in total. The number of aliphatic hydroxyl groups is 1. The van der Waals surface area contributed by atoms with Gasteiger partial charge in [-0.05, 0) is 44.0 Å². The van der Waals surface area contributed by atoms with E-state index in [4.69, 9.17) is 14.1 Å². The molecule has 8 heteroatoms. The molecule has 1 aromatic carbocycles. The average molecular weight is 468 g/mol. The Morgan fingerprint density at radius 1 is 1.24 bits per heavy atom. The van der Waals surface area contributed by atoms with Crippen LogP contribution in [0.3, 0.4) is 0 Å². The lowest BCUT2D eigenvalue weighted by Gasteiger charge is -2.23. The molecule has 2 N–H and O–H groups in total. The van der Waals surface area contributed by atoms with Crippen molar-refractivity contribution in [1.82, 2.24) is 14.9 Å². The molecule has 3 aromatic heterocycles. The predicted octanol–water partition coefficient (Wildman–Crippen LogP) is 4.26. The zero-order valence-corrected chi connectivity index (χ0v) is 19.9. The second-order valence-corrected chi connectivity index (χ2v) is 9.08. The molecule has 0 spiro atoms. The van der Waals surface area contributed by atoms with Crippen molar-refractivity contribution in [1.29, 1.82) is 0 Å². The highest BCUT2D eigenvalue weighted by molar-refractivity contribution is 7.17. The third-order valence-corrected chi connectivity index (χ3v) is 6.36. The van der Waals surface area contributed by atoms with Crippen LogP contribution in [-0.2, 0) is 17.8 Å². The molecule has 3 heterocycles. The normalized spacial score (nSPS) is 12.6. The Morgan fingerprint density at radius 2 is 2.09 bits per heavy atom. The van der Waals surface area contributed by atoms with Gasteiger partial charge >= 0.3 is 0 Å². The van der Waals surface area contributed by atoms with E-state index in [-0.39, 0.29) is 12.2 Å². The van der Waals surface area contributed by atoms with Crippen LogP contribution in [0.1, 0.15) is 29.6 Å². The van der Waals surface area contributed by atoms with Gasteiger partial charge in [-0.1, -0.05) is 23.8 Å². The molecule has 0 bridgehead atoms. The number of furan rings is 1. The van der Waals surface area contributed by atoms with Crippen molar-refractivity contribution < 1.29 is 14.3 Å². The maximum atomic E-state index is 13.1. The highest BCUT2D eigenvalue weighted by atomic mass is 32.1. The minimum Gasteiger partial charge on any atom is -0.468 e. The number of H-pyrrole nitrogens is 1. The van der Waals surface area contributed by atoms with Crippen LogP contribution in [0, 0.1) is 13.8 Å². The lowest BCUT2D eigenvalue weighted by molar-refractivity contribution is 0.0163. The number of rotatable bonds is 10. The van der Waals surface area contributed by atoms with Crippen molar-refractivity contribution >= 4 is 21.6 Å². The lowest BCUT2D eigenvalue weighted by atomic mass is 9.99. The minimum atomic E-state index is -0.659. The van der Waals surface area contributed by atoms with Crippen molar-refractivity contribution in [2.24, 2.45) is 0 Å². The number of aromatic amines is 1. The van der Waals surface area contributed by atoms with Gasteiger partial charge in [0.1, 0.15) is 16.4 Å². The first-order valence-electron chi connectivity index (χ1n) is 11.0. The van der Waals surface area contributed by atoms with Crippen LogP contribution in [0.5, 0.6) is 0 Å². The van der Waals surface area contributed by atoms with E-state index in [9.17, 15) is 9.90 Å². The fourth-order valence-corrected chi connectivity index (χ4v) is 4.87. The Labute approximate surface area is 196 Å². The number of nitrogens with one attached hydrogen (secondary N) is 1. The Bertz CT molecular complexity index is 1260. The Kier molecular flexibility index (Phi) is 7.39. The molecule has 0 fully saturated rings. The largest absolute Gasteiger partial charge is 0.468 e. The van der Waals surface area contributed by atoms with Crippen molar-refractivity contribution in [3.05, 3.63) is 75.0 Å².